The summed E-state index contributed by atoms with van der Waals surface area (Å²) < 4.78 is 85.1. The summed E-state index contributed by atoms with van der Waals surface area (Å²) in [5.74, 6) is -4.24. The van der Waals surface area contributed by atoms with E-state index in [0.29, 0.717) is 0 Å². The molecule has 0 radical (unpaired) electrons. The summed E-state index contributed by atoms with van der Waals surface area (Å²) in [4.78, 5) is 0. The average Bonchev–Trinajstić information content (AvgIpc) is 2.34. The number of methoxy groups -OCH3 is 2. The highest BCUT2D eigenvalue weighted by molar-refractivity contribution is 5.42. The van der Waals surface area contributed by atoms with Crippen molar-refractivity contribution in [3.8, 4) is 11.5 Å². The predicted octanol–water partition coefficient (Wildman–Crippen LogP) is 3.48. The molecule has 0 aliphatic carbocycles. The fourth-order valence-electron chi connectivity index (χ4n) is 1.79. The van der Waals surface area contributed by atoms with Crippen molar-refractivity contribution in [3.63, 3.8) is 0 Å². The monoisotopic (exact) mass is 318 g/mol. The Hall–Kier alpha value is -1.64. The minimum atomic E-state index is -5.66. The van der Waals surface area contributed by atoms with E-state index in [1.54, 1.807) is 0 Å². The molecule has 0 spiro atoms. The number of alkyl halides is 6. The number of halogens is 6. The summed E-state index contributed by atoms with van der Waals surface area (Å²) in [6.45, 7) is 0. The van der Waals surface area contributed by atoms with Gasteiger partial charge in [0, 0.05) is 5.56 Å². The van der Waals surface area contributed by atoms with Crippen molar-refractivity contribution in [2.24, 2.45) is 5.92 Å². The van der Waals surface area contributed by atoms with Gasteiger partial charge in [-0.15, -0.1) is 0 Å². The zero-order valence-electron chi connectivity index (χ0n) is 10.9. The molecule has 120 valence electrons. The quantitative estimate of drug-likeness (QED) is 0.864. The second-order valence-electron chi connectivity index (χ2n) is 4.11. The van der Waals surface area contributed by atoms with Gasteiger partial charge in [-0.25, -0.2) is 0 Å². The van der Waals surface area contributed by atoms with Gasteiger partial charge in [0.15, 0.2) is 5.92 Å². The number of rotatable bonds is 4. The van der Waals surface area contributed by atoms with E-state index in [0.717, 1.165) is 19.2 Å². The number of aliphatic hydroxyl groups excluding tert-OH is 1. The molecule has 1 atom stereocenters. The van der Waals surface area contributed by atoms with Crippen molar-refractivity contribution in [1.82, 2.24) is 0 Å². The van der Waals surface area contributed by atoms with E-state index in [9.17, 15) is 31.4 Å². The van der Waals surface area contributed by atoms with Gasteiger partial charge < -0.3 is 14.6 Å². The van der Waals surface area contributed by atoms with E-state index in [-0.39, 0.29) is 11.5 Å². The molecule has 0 aliphatic rings. The van der Waals surface area contributed by atoms with E-state index in [4.69, 9.17) is 9.47 Å². The third-order valence-electron chi connectivity index (χ3n) is 2.78. The van der Waals surface area contributed by atoms with Crippen molar-refractivity contribution in [2.75, 3.05) is 14.2 Å². The van der Waals surface area contributed by atoms with Crippen molar-refractivity contribution >= 4 is 0 Å². The smallest absolute Gasteiger partial charge is 0.403 e. The van der Waals surface area contributed by atoms with Crippen LogP contribution in [0.2, 0.25) is 0 Å². The molecule has 0 amide bonds. The molecule has 3 nitrogen and oxygen atoms in total. The second-order valence-corrected chi connectivity index (χ2v) is 4.11. The van der Waals surface area contributed by atoms with Crippen molar-refractivity contribution in [3.05, 3.63) is 23.8 Å². The first-order chi connectivity index (χ1) is 9.52. The van der Waals surface area contributed by atoms with Gasteiger partial charge in [0.2, 0.25) is 0 Å². The first-order valence-corrected chi connectivity index (χ1v) is 5.55. The van der Waals surface area contributed by atoms with Gasteiger partial charge in [0.25, 0.3) is 0 Å². The van der Waals surface area contributed by atoms with Crippen molar-refractivity contribution in [2.45, 2.75) is 18.5 Å². The maximum Gasteiger partial charge on any atom is 0.403 e. The van der Waals surface area contributed by atoms with Gasteiger partial charge in [-0.05, 0) is 18.2 Å². The molecule has 1 N–H and O–H groups in total. The molecule has 9 heteroatoms. The summed E-state index contributed by atoms with van der Waals surface area (Å²) in [5, 5.41) is 9.61. The molecule has 1 aromatic carbocycles. The standard InChI is InChI=1S/C12H12F6O3/c1-20-6-3-4-8(21-2)7(5-6)9(19)10(11(13,14)15)12(16,17)18/h3-5,9-10,19H,1-2H3. The lowest BCUT2D eigenvalue weighted by Gasteiger charge is -2.28. The Morgan fingerprint density at radius 1 is 0.952 bits per heavy atom. The maximum absolute atomic E-state index is 12.6. The Bertz CT molecular complexity index is 469. The summed E-state index contributed by atoms with van der Waals surface area (Å²) in [7, 11) is 2.25. The Kier molecular flexibility index (Phi) is 4.98. The fraction of sp³-hybridized carbons (Fsp3) is 0.500. The zero-order chi connectivity index (χ0) is 16.4. The van der Waals surface area contributed by atoms with E-state index >= 15 is 0 Å². The van der Waals surface area contributed by atoms with Gasteiger partial charge in [-0.1, -0.05) is 0 Å². The molecule has 1 aromatic rings. The van der Waals surface area contributed by atoms with Crippen LogP contribution in [0.4, 0.5) is 26.3 Å². The minimum absolute atomic E-state index is 0.00653. The van der Waals surface area contributed by atoms with Gasteiger partial charge in [-0.3, -0.25) is 0 Å². The number of hydrogen-bond acceptors (Lipinski definition) is 3. The second kappa shape index (κ2) is 6.00. The van der Waals surface area contributed by atoms with Crippen molar-refractivity contribution in [1.29, 1.82) is 0 Å². The number of hydrogen-bond donors (Lipinski definition) is 1. The summed E-state index contributed by atoms with van der Waals surface area (Å²) in [6, 6.07) is 3.26. The highest BCUT2D eigenvalue weighted by Crippen LogP contribution is 2.48. The zero-order valence-corrected chi connectivity index (χ0v) is 10.9. The van der Waals surface area contributed by atoms with Crippen LogP contribution >= 0.6 is 0 Å². The van der Waals surface area contributed by atoms with Crippen LogP contribution in [0.15, 0.2) is 18.2 Å². The molecule has 0 aromatic heterocycles. The molecule has 0 aliphatic heterocycles. The van der Waals surface area contributed by atoms with Crippen LogP contribution in [0.5, 0.6) is 11.5 Å². The molecule has 1 rings (SSSR count). The van der Waals surface area contributed by atoms with E-state index in [2.05, 4.69) is 0 Å². The topological polar surface area (TPSA) is 38.7 Å². The van der Waals surface area contributed by atoms with Crippen LogP contribution in [-0.4, -0.2) is 31.7 Å². The molecule has 0 saturated carbocycles. The van der Waals surface area contributed by atoms with Crippen LogP contribution in [-0.2, 0) is 0 Å². The number of aliphatic hydroxyl groups is 1. The molecular weight excluding hydrogens is 306 g/mol. The number of benzene rings is 1. The Balaban J connectivity index is 3.35. The Morgan fingerprint density at radius 2 is 1.48 bits per heavy atom. The van der Waals surface area contributed by atoms with Crippen LogP contribution in [0.3, 0.4) is 0 Å². The van der Waals surface area contributed by atoms with Crippen LogP contribution in [0, 0.1) is 5.92 Å². The molecule has 1 unspecified atom stereocenters. The molecule has 0 saturated heterocycles. The molecule has 0 heterocycles. The molecule has 21 heavy (non-hydrogen) atoms. The van der Waals surface area contributed by atoms with E-state index in [1.165, 1.54) is 13.2 Å². The summed E-state index contributed by atoms with van der Waals surface area (Å²) in [5.41, 5.74) is -0.656. The summed E-state index contributed by atoms with van der Waals surface area (Å²) in [6.07, 6.45) is -14.2. The largest absolute Gasteiger partial charge is 0.497 e. The van der Waals surface area contributed by atoms with Gasteiger partial charge in [0.1, 0.15) is 17.6 Å². The molecular formula is C12H12F6O3. The first-order valence-electron chi connectivity index (χ1n) is 5.55. The van der Waals surface area contributed by atoms with Gasteiger partial charge in [-0.2, -0.15) is 26.3 Å². The highest BCUT2D eigenvalue weighted by atomic mass is 19.4. The predicted molar refractivity (Wildman–Crippen MR) is 60.1 cm³/mol. The number of ether oxygens (including phenoxy) is 2. The van der Waals surface area contributed by atoms with Crippen LogP contribution in [0.25, 0.3) is 0 Å². The van der Waals surface area contributed by atoms with E-state index in [1.807, 2.05) is 0 Å². The SMILES string of the molecule is COc1ccc(OC)c(C(O)C(C(F)(F)F)C(F)(F)F)c1. The van der Waals surface area contributed by atoms with Crippen LogP contribution in [0.1, 0.15) is 11.7 Å². The molecule has 0 bridgehead atoms. The van der Waals surface area contributed by atoms with Crippen molar-refractivity contribution < 1.29 is 40.9 Å². The van der Waals surface area contributed by atoms with Gasteiger partial charge in [0.05, 0.1) is 14.2 Å². The third-order valence-corrected chi connectivity index (χ3v) is 2.78. The van der Waals surface area contributed by atoms with E-state index < -0.39 is 29.9 Å². The third kappa shape index (κ3) is 3.93. The summed E-state index contributed by atoms with van der Waals surface area (Å²) >= 11 is 0. The normalized spacial score (nSPS) is 14.2. The Labute approximate surface area is 116 Å². The van der Waals surface area contributed by atoms with Gasteiger partial charge >= 0.3 is 12.4 Å². The maximum atomic E-state index is 12.6. The fourth-order valence-corrected chi connectivity index (χ4v) is 1.79. The molecule has 0 fully saturated rings. The average molecular weight is 318 g/mol. The lowest BCUT2D eigenvalue weighted by Crippen LogP contribution is -2.41. The lowest BCUT2D eigenvalue weighted by molar-refractivity contribution is -0.307. The Morgan fingerprint density at radius 3 is 1.86 bits per heavy atom. The lowest BCUT2D eigenvalue weighted by atomic mass is 9.93. The first kappa shape index (κ1) is 17.4. The minimum Gasteiger partial charge on any atom is -0.497 e. The van der Waals surface area contributed by atoms with Crippen LogP contribution < -0.4 is 9.47 Å². The highest BCUT2D eigenvalue weighted by Gasteiger charge is 2.60.